The monoisotopic (exact) mass is 213 g/mol. The Morgan fingerprint density at radius 3 is 3.00 bits per heavy atom. The van der Waals surface area contributed by atoms with Crippen LogP contribution in [0.1, 0.15) is 6.92 Å². The van der Waals surface area contributed by atoms with Gasteiger partial charge < -0.3 is 11.1 Å². The summed E-state index contributed by atoms with van der Waals surface area (Å²) in [5.41, 5.74) is 7.36. The molecule has 2 aromatic carbocycles. The minimum Gasteiger partial charge on any atom is -0.398 e. The number of carbonyl (C=O) groups is 1. The first-order valence-electron chi connectivity index (χ1n) is 5.10. The number of rotatable bonds is 3. The molecule has 0 aromatic heterocycles. The molecule has 0 saturated carbocycles. The van der Waals surface area contributed by atoms with Crippen LogP contribution in [0.2, 0.25) is 0 Å². The van der Waals surface area contributed by atoms with Crippen LogP contribution in [0.25, 0.3) is 10.8 Å². The fourth-order valence-corrected chi connectivity index (χ4v) is 1.67. The predicted octanol–water partition coefficient (Wildman–Crippen LogP) is 2.22. The lowest BCUT2D eigenvalue weighted by molar-refractivity contribution is -0.115. The summed E-state index contributed by atoms with van der Waals surface area (Å²) in [6.45, 7) is 1.86. The Morgan fingerprint density at radius 1 is 1.44 bits per heavy atom. The van der Waals surface area contributed by atoms with E-state index in [0.29, 0.717) is 12.2 Å². The molecule has 3 nitrogen and oxygen atoms in total. The van der Waals surface area contributed by atoms with Crippen molar-refractivity contribution < 1.29 is 4.79 Å². The van der Waals surface area contributed by atoms with Gasteiger partial charge in [-0.25, -0.2) is 0 Å². The maximum absolute atomic E-state index is 10.9. The third-order valence-electron chi connectivity index (χ3n) is 2.40. The predicted molar refractivity (Wildman–Crippen MR) is 66.4 cm³/mol. The van der Waals surface area contributed by atoms with Crippen molar-refractivity contribution in [2.24, 2.45) is 0 Å². The Kier molecular flexibility index (Phi) is 2.77. The van der Waals surface area contributed by atoms with Gasteiger partial charge in [0.05, 0.1) is 6.54 Å². The molecule has 0 amide bonds. The van der Waals surface area contributed by atoms with E-state index in [1.807, 2.05) is 24.3 Å². The highest BCUT2D eigenvalue weighted by Gasteiger charge is 2.04. The van der Waals surface area contributed by atoms with Gasteiger partial charge in [-0.15, -0.1) is 0 Å². The zero-order chi connectivity index (χ0) is 11.5. The Morgan fingerprint density at radius 2 is 2.25 bits per heavy atom. The van der Waals surface area contributed by atoms with Gasteiger partial charge in [-0.1, -0.05) is 24.3 Å². The van der Waals surface area contributed by atoms with Gasteiger partial charge in [-0.05, 0) is 18.4 Å². The van der Waals surface area contributed by atoms with Gasteiger partial charge in [-0.3, -0.25) is 4.79 Å². The molecular formula is C13H13N2O. The molecule has 81 valence electrons. The van der Waals surface area contributed by atoms with Crippen molar-refractivity contribution in [2.45, 2.75) is 6.92 Å². The van der Waals surface area contributed by atoms with Gasteiger partial charge in [-0.2, -0.15) is 0 Å². The van der Waals surface area contributed by atoms with Crippen molar-refractivity contribution >= 4 is 27.9 Å². The number of anilines is 2. The molecule has 0 saturated heterocycles. The summed E-state index contributed by atoms with van der Waals surface area (Å²) < 4.78 is 0. The summed E-state index contributed by atoms with van der Waals surface area (Å²) in [5.74, 6) is 0.0930. The SMILES string of the molecule is CC(=O)CNc1cccc2cc[c]c(N)c12. The Hall–Kier alpha value is -2.03. The number of carbonyl (C=O) groups excluding carboxylic acids is 1. The molecule has 2 aromatic rings. The minimum absolute atomic E-state index is 0.0930. The zero-order valence-corrected chi connectivity index (χ0v) is 9.08. The number of Topliss-reactive ketones (excluding diaryl/α,β-unsaturated/α-hetero) is 1. The molecule has 0 fully saturated rings. The van der Waals surface area contributed by atoms with Crippen molar-refractivity contribution in [3.05, 3.63) is 36.4 Å². The highest BCUT2D eigenvalue weighted by molar-refractivity contribution is 6.02. The van der Waals surface area contributed by atoms with Crippen molar-refractivity contribution in [1.82, 2.24) is 0 Å². The molecule has 16 heavy (non-hydrogen) atoms. The number of hydrogen-bond donors (Lipinski definition) is 2. The van der Waals surface area contributed by atoms with Crippen LogP contribution in [-0.2, 0) is 4.79 Å². The van der Waals surface area contributed by atoms with Gasteiger partial charge in [0.25, 0.3) is 0 Å². The highest BCUT2D eigenvalue weighted by Crippen LogP contribution is 2.28. The van der Waals surface area contributed by atoms with Gasteiger partial charge >= 0.3 is 0 Å². The van der Waals surface area contributed by atoms with Crippen LogP contribution in [0.3, 0.4) is 0 Å². The molecule has 3 heteroatoms. The normalized spacial score (nSPS) is 10.3. The van der Waals surface area contributed by atoms with E-state index in [0.717, 1.165) is 16.5 Å². The van der Waals surface area contributed by atoms with Crippen LogP contribution in [0.5, 0.6) is 0 Å². The number of hydrogen-bond acceptors (Lipinski definition) is 3. The number of fused-ring (bicyclic) bond motifs is 1. The fourth-order valence-electron chi connectivity index (χ4n) is 1.67. The van der Waals surface area contributed by atoms with Crippen LogP contribution in [0.15, 0.2) is 30.3 Å². The summed E-state index contributed by atoms with van der Waals surface area (Å²) >= 11 is 0. The van der Waals surface area contributed by atoms with E-state index in [1.165, 1.54) is 0 Å². The average molecular weight is 213 g/mol. The van der Waals surface area contributed by atoms with Crippen molar-refractivity contribution in [3.63, 3.8) is 0 Å². The minimum atomic E-state index is 0.0930. The largest absolute Gasteiger partial charge is 0.398 e. The molecular weight excluding hydrogens is 200 g/mol. The second kappa shape index (κ2) is 4.23. The van der Waals surface area contributed by atoms with E-state index in [4.69, 9.17) is 5.73 Å². The van der Waals surface area contributed by atoms with Crippen LogP contribution >= 0.6 is 0 Å². The Labute approximate surface area is 94.3 Å². The third kappa shape index (κ3) is 1.98. The second-order valence-electron chi connectivity index (χ2n) is 3.72. The lowest BCUT2D eigenvalue weighted by Gasteiger charge is -2.09. The summed E-state index contributed by atoms with van der Waals surface area (Å²) in [7, 11) is 0. The summed E-state index contributed by atoms with van der Waals surface area (Å²) in [6, 6.07) is 12.5. The molecule has 0 aliphatic rings. The van der Waals surface area contributed by atoms with E-state index in [-0.39, 0.29) is 5.78 Å². The summed E-state index contributed by atoms with van der Waals surface area (Å²) in [6.07, 6.45) is 0. The quantitative estimate of drug-likeness (QED) is 0.769. The smallest absolute Gasteiger partial charge is 0.148 e. The van der Waals surface area contributed by atoms with E-state index in [2.05, 4.69) is 11.4 Å². The number of nitrogens with one attached hydrogen (secondary N) is 1. The summed E-state index contributed by atoms with van der Waals surface area (Å²) in [4.78, 5) is 10.9. The number of nitrogens with two attached hydrogens (primary N) is 1. The summed E-state index contributed by atoms with van der Waals surface area (Å²) in [5, 5.41) is 5.05. The first-order chi connectivity index (χ1) is 7.68. The first kappa shape index (κ1) is 10.5. The molecule has 0 aliphatic heterocycles. The maximum atomic E-state index is 10.9. The average Bonchev–Trinajstić information content (AvgIpc) is 2.26. The number of benzene rings is 2. The molecule has 3 N–H and O–H groups in total. The number of nitrogen functional groups attached to an aromatic ring is 1. The van der Waals surface area contributed by atoms with Crippen molar-refractivity contribution in [3.8, 4) is 0 Å². The maximum Gasteiger partial charge on any atom is 0.148 e. The standard InChI is InChI=1S/C13H13N2O/c1-9(16)8-15-12-7-3-5-10-4-2-6-11(14)13(10)12/h2-5,7,15H,8,14H2,1H3. The van der Waals surface area contributed by atoms with E-state index in [9.17, 15) is 4.79 Å². The van der Waals surface area contributed by atoms with Gasteiger partial charge in [0.2, 0.25) is 0 Å². The Bertz CT molecular complexity index is 529. The molecule has 0 spiro atoms. The first-order valence-corrected chi connectivity index (χ1v) is 5.10. The van der Waals surface area contributed by atoms with Crippen LogP contribution in [0, 0.1) is 6.07 Å². The fraction of sp³-hybridized carbons (Fsp3) is 0.154. The van der Waals surface area contributed by atoms with Crippen molar-refractivity contribution in [1.29, 1.82) is 0 Å². The van der Waals surface area contributed by atoms with Crippen LogP contribution in [0.4, 0.5) is 11.4 Å². The van der Waals surface area contributed by atoms with Gasteiger partial charge in [0.1, 0.15) is 5.78 Å². The molecule has 0 atom stereocenters. The molecule has 0 bridgehead atoms. The van der Waals surface area contributed by atoms with E-state index in [1.54, 1.807) is 13.0 Å². The van der Waals surface area contributed by atoms with E-state index < -0.39 is 0 Å². The molecule has 0 aliphatic carbocycles. The third-order valence-corrected chi connectivity index (χ3v) is 2.40. The molecule has 2 rings (SSSR count). The molecule has 0 heterocycles. The lowest BCUT2D eigenvalue weighted by Crippen LogP contribution is -2.10. The van der Waals surface area contributed by atoms with Gasteiger partial charge in [0.15, 0.2) is 0 Å². The zero-order valence-electron chi connectivity index (χ0n) is 9.08. The van der Waals surface area contributed by atoms with Crippen molar-refractivity contribution in [2.75, 3.05) is 17.6 Å². The Balaban J connectivity index is 2.48. The second-order valence-corrected chi connectivity index (χ2v) is 3.72. The topological polar surface area (TPSA) is 55.1 Å². The van der Waals surface area contributed by atoms with Crippen LogP contribution in [-0.4, -0.2) is 12.3 Å². The highest BCUT2D eigenvalue weighted by atomic mass is 16.1. The molecule has 0 unspecified atom stereocenters. The number of ketones is 1. The van der Waals surface area contributed by atoms with Gasteiger partial charge in [0, 0.05) is 22.8 Å². The molecule has 1 radical (unpaired) electrons. The van der Waals surface area contributed by atoms with Crippen LogP contribution < -0.4 is 11.1 Å². The van der Waals surface area contributed by atoms with E-state index >= 15 is 0 Å². The lowest BCUT2D eigenvalue weighted by atomic mass is 10.1.